The van der Waals surface area contributed by atoms with Gasteiger partial charge in [0, 0.05) is 18.8 Å². The molecule has 0 aliphatic heterocycles. The van der Waals surface area contributed by atoms with E-state index in [-0.39, 0.29) is 0 Å². The predicted molar refractivity (Wildman–Crippen MR) is 72.1 cm³/mol. The third-order valence-corrected chi connectivity index (χ3v) is 4.06. The van der Waals surface area contributed by atoms with Crippen LogP contribution in [0.1, 0.15) is 23.4 Å². The van der Waals surface area contributed by atoms with Crippen LogP contribution in [0.25, 0.3) is 10.4 Å². The maximum Gasteiger partial charge on any atom is 0.107 e. The third kappa shape index (κ3) is 2.73. The summed E-state index contributed by atoms with van der Waals surface area (Å²) in [4.78, 5) is 5.73. The van der Waals surface area contributed by atoms with Gasteiger partial charge in [-0.2, -0.15) is 0 Å². The fourth-order valence-corrected chi connectivity index (χ4v) is 2.64. The Morgan fingerprint density at radius 3 is 2.76 bits per heavy atom. The Hall–Kier alpha value is -1.19. The van der Waals surface area contributed by atoms with E-state index in [0.29, 0.717) is 0 Å². The van der Waals surface area contributed by atoms with Gasteiger partial charge in [-0.15, -0.1) is 11.3 Å². The van der Waals surface area contributed by atoms with Crippen LogP contribution in [0.5, 0.6) is 0 Å². The van der Waals surface area contributed by atoms with E-state index < -0.39 is 0 Å². The maximum absolute atomic E-state index is 4.47. The molecule has 2 nitrogen and oxygen atoms in total. The summed E-state index contributed by atoms with van der Waals surface area (Å²) in [7, 11) is 0. The summed E-state index contributed by atoms with van der Waals surface area (Å²) in [5, 5.41) is 4.68. The molecule has 1 fully saturated rings. The molecule has 3 rings (SSSR count). The molecule has 0 saturated heterocycles. The number of nitrogens with zero attached hydrogens (tertiary/aromatic N) is 1. The quantitative estimate of drug-likeness (QED) is 0.892. The molecule has 1 aromatic heterocycles. The molecule has 1 aliphatic rings. The first kappa shape index (κ1) is 10.9. The summed E-state index contributed by atoms with van der Waals surface area (Å²) in [6.07, 6.45) is 4.64. The van der Waals surface area contributed by atoms with Gasteiger partial charge in [-0.25, -0.2) is 4.98 Å². The number of thiazole rings is 1. The number of hydrogen-bond donors (Lipinski definition) is 1. The van der Waals surface area contributed by atoms with E-state index in [1.807, 2.05) is 6.20 Å². The van der Waals surface area contributed by atoms with Crippen LogP contribution < -0.4 is 5.32 Å². The summed E-state index contributed by atoms with van der Waals surface area (Å²) >= 11 is 1.79. The zero-order valence-corrected chi connectivity index (χ0v) is 10.8. The second kappa shape index (κ2) is 4.59. The molecular formula is C14H16N2S. The van der Waals surface area contributed by atoms with Crippen LogP contribution in [0.4, 0.5) is 0 Å². The van der Waals surface area contributed by atoms with E-state index in [0.717, 1.165) is 12.6 Å². The minimum Gasteiger partial charge on any atom is -0.308 e. The summed E-state index contributed by atoms with van der Waals surface area (Å²) in [6.45, 7) is 3.03. The lowest BCUT2D eigenvalue weighted by Gasteiger charge is -1.98. The van der Waals surface area contributed by atoms with E-state index in [2.05, 4.69) is 41.5 Å². The Morgan fingerprint density at radius 1 is 1.29 bits per heavy atom. The van der Waals surface area contributed by atoms with Crippen LogP contribution in [0.3, 0.4) is 0 Å². The lowest BCUT2D eigenvalue weighted by Crippen LogP contribution is -2.14. The molecule has 0 unspecified atom stereocenters. The first-order chi connectivity index (χ1) is 8.31. The summed E-state index contributed by atoms with van der Waals surface area (Å²) in [5.41, 5.74) is 2.57. The fraction of sp³-hybridized carbons (Fsp3) is 0.357. The van der Waals surface area contributed by atoms with Crippen molar-refractivity contribution in [3.63, 3.8) is 0 Å². The van der Waals surface area contributed by atoms with E-state index in [1.54, 1.807) is 11.3 Å². The van der Waals surface area contributed by atoms with Crippen LogP contribution in [0, 0.1) is 6.92 Å². The Balaban J connectivity index is 1.72. The lowest BCUT2D eigenvalue weighted by molar-refractivity contribution is 0.684. The minimum absolute atomic E-state index is 0.752. The van der Waals surface area contributed by atoms with Crippen molar-refractivity contribution in [1.29, 1.82) is 0 Å². The van der Waals surface area contributed by atoms with E-state index >= 15 is 0 Å². The number of rotatable bonds is 4. The number of aromatic nitrogens is 1. The SMILES string of the molecule is Cc1ccc(-c2cnc(CNC3CC3)s2)cc1. The second-order valence-electron chi connectivity index (χ2n) is 4.64. The molecule has 1 N–H and O–H groups in total. The number of nitrogens with one attached hydrogen (secondary N) is 1. The Bertz CT molecular complexity index is 497. The number of benzene rings is 1. The highest BCUT2D eigenvalue weighted by molar-refractivity contribution is 7.15. The summed E-state index contributed by atoms with van der Waals surface area (Å²) < 4.78 is 0. The van der Waals surface area contributed by atoms with Gasteiger partial charge in [0.2, 0.25) is 0 Å². The molecule has 88 valence electrons. The smallest absolute Gasteiger partial charge is 0.107 e. The van der Waals surface area contributed by atoms with E-state index in [4.69, 9.17) is 0 Å². The van der Waals surface area contributed by atoms with Gasteiger partial charge in [0.1, 0.15) is 5.01 Å². The molecule has 1 saturated carbocycles. The molecule has 0 atom stereocenters. The van der Waals surface area contributed by atoms with Crippen LogP contribution >= 0.6 is 11.3 Å². The van der Waals surface area contributed by atoms with Crippen molar-refractivity contribution in [2.24, 2.45) is 0 Å². The first-order valence-electron chi connectivity index (χ1n) is 6.06. The summed E-state index contributed by atoms with van der Waals surface area (Å²) in [6, 6.07) is 9.39. The zero-order chi connectivity index (χ0) is 11.7. The molecule has 1 aliphatic carbocycles. The van der Waals surface area contributed by atoms with Crippen molar-refractivity contribution in [1.82, 2.24) is 10.3 Å². The van der Waals surface area contributed by atoms with Crippen molar-refractivity contribution in [2.45, 2.75) is 32.4 Å². The Kier molecular flexibility index (Phi) is 2.95. The zero-order valence-electron chi connectivity index (χ0n) is 9.94. The van der Waals surface area contributed by atoms with Gasteiger partial charge in [0.15, 0.2) is 0 Å². The van der Waals surface area contributed by atoms with Crippen molar-refractivity contribution < 1.29 is 0 Å². The van der Waals surface area contributed by atoms with Crippen LogP contribution in [0.15, 0.2) is 30.5 Å². The molecule has 0 amide bonds. The van der Waals surface area contributed by atoms with Crippen molar-refractivity contribution in [3.8, 4) is 10.4 Å². The van der Waals surface area contributed by atoms with Gasteiger partial charge in [-0.1, -0.05) is 29.8 Å². The molecule has 0 radical (unpaired) electrons. The van der Waals surface area contributed by atoms with Crippen LogP contribution in [-0.4, -0.2) is 11.0 Å². The second-order valence-corrected chi connectivity index (χ2v) is 5.75. The molecule has 0 spiro atoms. The van der Waals surface area contributed by atoms with Crippen molar-refractivity contribution in [3.05, 3.63) is 41.0 Å². The van der Waals surface area contributed by atoms with Gasteiger partial charge >= 0.3 is 0 Å². The predicted octanol–water partition coefficient (Wildman–Crippen LogP) is 3.37. The van der Waals surface area contributed by atoms with Crippen LogP contribution in [0.2, 0.25) is 0 Å². The standard InChI is InChI=1S/C14H16N2S/c1-10-2-4-11(5-3-10)13-8-16-14(17-13)9-15-12-6-7-12/h2-5,8,12,15H,6-7,9H2,1H3. The molecule has 1 aromatic carbocycles. The summed E-state index contributed by atoms with van der Waals surface area (Å²) in [5.74, 6) is 0. The Morgan fingerprint density at radius 2 is 2.06 bits per heavy atom. The monoisotopic (exact) mass is 244 g/mol. The minimum atomic E-state index is 0.752. The molecule has 3 heteroatoms. The van der Waals surface area contributed by atoms with Gasteiger partial charge in [-0.05, 0) is 25.3 Å². The number of hydrogen-bond acceptors (Lipinski definition) is 3. The third-order valence-electron chi connectivity index (χ3n) is 3.01. The van der Waals surface area contributed by atoms with Gasteiger partial charge in [-0.3, -0.25) is 0 Å². The Labute approximate surface area is 106 Å². The van der Waals surface area contributed by atoms with E-state index in [9.17, 15) is 0 Å². The molecule has 1 heterocycles. The molecule has 2 aromatic rings. The first-order valence-corrected chi connectivity index (χ1v) is 6.88. The number of aryl methyl sites for hydroxylation is 1. The maximum atomic E-state index is 4.47. The highest BCUT2D eigenvalue weighted by atomic mass is 32.1. The van der Waals surface area contributed by atoms with Crippen molar-refractivity contribution in [2.75, 3.05) is 0 Å². The highest BCUT2D eigenvalue weighted by Crippen LogP contribution is 2.27. The highest BCUT2D eigenvalue weighted by Gasteiger charge is 2.20. The normalized spacial score (nSPS) is 15.1. The molecular weight excluding hydrogens is 228 g/mol. The average molecular weight is 244 g/mol. The van der Waals surface area contributed by atoms with Crippen LogP contribution in [-0.2, 0) is 6.54 Å². The largest absolute Gasteiger partial charge is 0.308 e. The molecule has 17 heavy (non-hydrogen) atoms. The topological polar surface area (TPSA) is 24.9 Å². The van der Waals surface area contributed by atoms with Gasteiger partial charge < -0.3 is 5.32 Å². The fourth-order valence-electron chi connectivity index (χ4n) is 1.76. The lowest BCUT2D eigenvalue weighted by atomic mass is 10.1. The van der Waals surface area contributed by atoms with E-state index in [1.165, 1.54) is 33.9 Å². The van der Waals surface area contributed by atoms with Gasteiger partial charge in [0.25, 0.3) is 0 Å². The van der Waals surface area contributed by atoms with Crippen molar-refractivity contribution >= 4 is 11.3 Å². The average Bonchev–Trinajstić information content (AvgIpc) is 3.06. The van der Waals surface area contributed by atoms with Gasteiger partial charge in [0.05, 0.1) is 4.88 Å². The molecule has 0 bridgehead atoms.